The fourth-order valence-electron chi connectivity index (χ4n) is 2.43. The molecule has 1 aromatic rings. The van der Waals surface area contributed by atoms with Gasteiger partial charge < -0.3 is 19.5 Å². The van der Waals surface area contributed by atoms with Crippen molar-refractivity contribution in [3.05, 3.63) is 18.2 Å². The molecule has 1 aromatic carbocycles. The van der Waals surface area contributed by atoms with E-state index in [1.807, 2.05) is 32.0 Å². The smallest absolute Gasteiger partial charge is 0.163 e. The van der Waals surface area contributed by atoms with Crippen LogP contribution in [0.5, 0.6) is 11.5 Å². The van der Waals surface area contributed by atoms with Gasteiger partial charge in [0.25, 0.3) is 0 Å². The molecular weight excluding hydrogens is 254 g/mol. The van der Waals surface area contributed by atoms with E-state index in [4.69, 9.17) is 14.2 Å². The first-order chi connectivity index (χ1) is 9.72. The lowest BCUT2D eigenvalue weighted by atomic mass is 10.2. The van der Waals surface area contributed by atoms with Crippen LogP contribution in [0.4, 0.5) is 5.69 Å². The van der Waals surface area contributed by atoms with Gasteiger partial charge in [0.1, 0.15) is 0 Å². The molecule has 2 rings (SSSR count). The third-order valence-corrected chi connectivity index (χ3v) is 3.40. The fourth-order valence-corrected chi connectivity index (χ4v) is 2.43. The van der Waals surface area contributed by atoms with E-state index in [2.05, 4.69) is 12.2 Å². The average Bonchev–Trinajstić information content (AvgIpc) is 2.85. The van der Waals surface area contributed by atoms with Gasteiger partial charge in [-0.3, -0.25) is 0 Å². The van der Waals surface area contributed by atoms with Gasteiger partial charge in [-0.05, 0) is 45.7 Å². The molecule has 20 heavy (non-hydrogen) atoms. The standard InChI is InChI=1S/C16H25NO3/c1-4-18-15-9-7-13(10-16(15)19-5-2)17-11-14-8-6-12(3)20-14/h7,9-10,12,14,17H,4-6,8,11H2,1-3H3. The summed E-state index contributed by atoms with van der Waals surface area (Å²) >= 11 is 0. The Bertz CT molecular complexity index is 422. The molecule has 0 aromatic heterocycles. The maximum absolute atomic E-state index is 5.80. The topological polar surface area (TPSA) is 39.7 Å². The summed E-state index contributed by atoms with van der Waals surface area (Å²) in [6, 6.07) is 5.97. The zero-order valence-corrected chi connectivity index (χ0v) is 12.6. The number of ether oxygens (including phenoxy) is 3. The Labute approximate surface area is 121 Å². The Morgan fingerprint density at radius 3 is 2.55 bits per heavy atom. The van der Waals surface area contributed by atoms with Crippen LogP contribution in [0, 0.1) is 0 Å². The predicted molar refractivity (Wildman–Crippen MR) is 80.8 cm³/mol. The van der Waals surface area contributed by atoms with Crippen LogP contribution in [-0.2, 0) is 4.74 Å². The van der Waals surface area contributed by atoms with Crippen LogP contribution in [0.15, 0.2) is 18.2 Å². The number of nitrogens with one attached hydrogen (secondary N) is 1. The SMILES string of the molecule is CCOc1ccc(NCC2CCC(C)O2)cc1OCC. The molecule has 0 aliphatic carbocycles. The van der Waals surface area contributed by atoms with E-state index in [0.717, 1.165) is 36.6 Å². The van der Waals surface area contributed by atoms with Crippen molar-refractivity contribution in [1.82, 2.24) is 0 Å². The zero-order chi connectivity index (χ0) is 14.4. The molecule has 4 heteroatoms. The van der Waals surface area contributed by atoms with E-state index in [-0.39, 0.29) is 0 Å². The van der Waals surface area contributed by atoms with Gasteiger partial charge in [-0.2, -0.15) is 0 Å². The first kappa shape index (κ1) is 15.0. The monoisotopic (exact) mass is 279 g/mol. The molecule has 1 aliphatic rings. The highest BCUT2D eigenvalue weighted by Crippen LogP contribution is 2.31. The molecular formula is C16H25NO3. The number of rotatable bonds is 7. The van der Waals surface area contributed by atoms with E-state index in [1.54, 1.807) is 0 Å². The van der Waals surface area contributed by atoms with E-state index >= 15 is 0 Å². The molecule has 1 N–H and O–H groups in total. The number of hydrogen-bond donors (Lipinski definition) is 1. The molecule has 0 spiro atoms. The molecule has 4 nitrogen and oxygen atoms in total. The van der Waals surface area contributed by atoms with Gasteiger partial charge in [-0.25, -0.2) is 0 Å². The van der Waals surface area contributed by atoms with Crippen LogP contribution in [0.2, 0.25) is 0 Å². The summed E-state index contributed by atoms with van der Waals surface area (Å²) in [5, 5.41) is 3.41. The van der Waals surface area contributed by atoms with Crippen LogP contribution in [0.3, 0.4) is 0 Å². The van der Waals surface area contributed by atoms with Gasteiger partial charge in [0.05, 0.1) is 25.4 Å². The van der Waals surface area contributed by atoms with Crippen molar-refractivity contribution in [2.45, 2.75) is 45.8 Å². The third-order valence-electron chi connectivity index (χ3n) is 3.40. The summed E-state index contributed by atoms with van der Waals surface area (Å²) in [6.07, 6.45) is 2.98. The number of anilines is 1. The maximum atomic E-state index is 5.80. The van der Waals surface area contributed by atoms with Crippen molar-refractivity contribution in [2.75, 3.05) is 25.1 Å². The van der Waals surface area contributed by atoms with E-state index < -0.39 is 0 Å². The summed E-state index contributed by atoms with van der Waals surface area (Å²) in [6.45, 7) is 8.19. The van der Waals surface area contributed by atoms with E-state index in [1.165, 1.54) is 0 Å². The van der Waals surface area contributed by atoms with Gasteiger partial charge in [0.15, 0.2) is 11.5 Å². The minimum Gasteiger partial charge on any atom is -0.490 e. The Balaban J connectivity index is 1.95. The highest BCUT2D eigenvalue weighted by atomic mass is 16.5. The van der Waals surface area contributed by atoms with Crippen molar-refractivity contribution < 1.29 is 14.2 Å². The lowest BCUT2D eigenvalue weighted by Gasteiger charge is -2.16. The molecule has 1 heterocycles. The third kappa shape index (κ3) is 4.04. The van der Waals surface area contributed by atoms with Crippen LogP contribution in [-0.4, -0.2) is 32.0 Å². The van der Waals surface area contributed by atoms with Crippen LogP contribution in [0.1, 0.15) is 33.6 Å². The normalized spacial score (nSPS) is 21.8. The fraction of sp³-hybridized carbons (Fsp3) is 0.625. The van der Waals surface area contributed by atoms with Crippen molar-refractivity contribution in [2.24, 2.45) is 0 Å². The van der Waals surface area contributed by atoms with Gasteiger partial charge in [-0.15, -0.1) is 0 Å². The Morgan fingerprint density at radius 2 is 1.90 bits per heavy atom. The number of hydrogen-bond acceptors (Lipinski definition) is 4. The molecule has 1 aliphatic heterocycles. The maximum Gasteiger partial charge on any atom is 0.163 e. The lowest BCUT2D eigenvalue weighted by molar-refractivity contribution is 0.0637. The van der Waals surface area contributed by atoms with Crippen molar-refractivity contribution in [3.8, 4) is 11.5 Å². The Kier molecular flexibility index (Phi) is 5.53. The molecule has 0 saturated carbocycles. The van der Waals surface area contributed by atoms with E-state index in [9.17, 15) is 0 Å². The second-order valence-electron chi connectivity index (χ2n) is 5.05. The lowest BCUT2D eigenvalue weighted by Crippen LogP contribution is -2.19. The van der Waals surface area contributed by atoms with Crippen LogP contribution < -0.4 is 14.8 Å². The summed E-state index contributed by atoms with van der Waals surface area (Å²) in [5.41, 5.74) is 1.04. The van der Waals surface area contributed by atoms with Gasteiger partial charge in [-0.1, -0.05) is 0 Å². The zero-order valence-electron chi connectivity index (χ0n) is 12.6. The van der Waals surface area contributed by atoms with Gasteiger partial charge >= 0.3 is 0 Å². The summed E-state index contributed by atoms with van der Waals surface area (Å²) < 4.78 is 17.0. The Morgan fingerprint density at radius 1 is 1.15 bits per heavy atom. The highest BCUT2D eigenvalue weighted by molar-refractivity contribution is 5.54. The Hall–Kier alpha value is -1.42. The average molecular weight is 279 g/mol. The molecule has 2 unspecified atom stereocenters. The minimum atomic E-state index is 0.312. The molecule has 0 radical (unpaired) electrons. The number of benzene rings is 1. The van der Waals surface area contributed by atoms with Gasteiger partial charge in [0, 0.05) is 18.3 Å². The van der Waals surface area contributed by atoms with Crippen LogP contribution >= 0.6 is 0 Å². The van der Waals surface area contributed by atoms with Crippen molar-refractivity contribution in [1.29, 1.82) is 0 Å². The minimum absolute atomic E-state index is 0.312. The summed E-state index contributed by atoms with van der Waals surface area (Å²) in [7, 11) is 0. The first-order valence-electron chi connectivity index (χ1n) is 7.51. The molecule has 1 saturated heterocycles. The molecule has 112 valence electrons. The molecule has 1 fully saturated rings. The summed E-state index contributed by atoms with van der Waals surface area (Å²) in [5.74, 6) is 1.59. The molecule has 0 amide bonds. The predicted octanol–water partition coefficient (Wildman–Crippen LogP) is 3.46. The second-order valence-corrected chi connectivity index (χ2v) is 5.05. The highest BCUT2D eigenvalue weighted by Gasteiger charge is 2.21. The van der Waals surface area contributed by atoms with Crippen LogP contribution in [0.25, 0.3) is 0 Å². The summed E-state index contributed by atoms with van der Waals surface area (Å²) in [4.78, 5) is 0. The molecule has 0 bridgehead atoms. The molecule has 2 atom stereocenters. The van der Waals surface area contributed by atoms with Crippen molar-refractivity contribution >= 4 is 5.69 Å². The van der Waals surface area contributed by atoms with Crippen molar-refractivity contribution in [3.63, 3.8) is 0 Å². The second kappa shape index (κ2) is 7.39. The van der Waals surface area contributed by atoms with Gasteiger partial charge in [0.2, 0.25) is 0 Å². The van der Waals surface area contributed by atoms with E-state index in [0.29, 0.717) is 25.4 Å². The quantitative estimate of drug-likeness (QED) is 0.829. The first-order valence-corrected chi connectivity index (χ1v) is 7.51. The largest absolute Gasteiger partial charge is 0.490 e.